The maximum absolute atomic E-state index is 9.74. The molecule has 0 bridgehead atoms. The van der Waals surface area contributed by atoms with Gasteiger partial charge in [-0.05, 0) is 42.3 Å². The summed E-state index contributed by atoms with van der Waals surface area (Å²) >= 11 is 0. The first-order valence-corrected chi connectivity index (χ1v) is 7.68. The number of aromatic hydroxyl groups is 1. The Morgan fingerprint density at radius 2 is 2.29 bits per heavy atom. The SMILES string of the molecule is CC1CCCC(CN)(Nc2nccc3ccc(O)cc23)C1. The van der Waals surface area contributed by atoms with Crippen LogP contribution < -0.4 is 11.1 Å². The molecule has 21 heavy (non-hydrogen) atoms. The summed E-state index contributed by atoms with van der Waals surface area (Å²) in [6.07, 6.45) is 6.41. The number of rotatable bonds is 3. The first kappa shape index (κ1) is 14.1. The molecule has 112 valence electrons. The molecule has 0 aliphatic heterocycles. The van der Waals surface area contributed by atoms with Gasteiger partial charge < -0.3 is 16.2 Å². The van der Waals surface area contributed by atoms with Crippen LogP contribution in [0.3, 0.4) is 0 Å². The van der Waals surface area contributed by atoms with Crippen molar-refractivity contribution < 1.29 is 5.11 Å². The highest BCUT2D eigenvalue weighted by Gasteiger charge is 2.34. The van der Waals surface area contributed by atoms with E-state index in [0.717, 1.165) is 29.4 Å². The lowest BCUT2D eigenvalue weighted by Crippen LogP contribution is -2.48. The molecule has 1 aliphatic rings. The van der Waals surface area contributed by atoms with Gasteiger partial charge in [0.25, 0.3) is 0 Å². The number of fused-ring (bicyclic) bond motifs is 1. The Morgan fingerprint density at radius 1 is 1.43 bits per heavy atom. The van der Waals surface area contributed by atoms with Gasteiger partial charge in [-0.1, -0.05) is 25.8 Å². The third kappa shape index (κ3) is 2.81. The van der Waals surface area contributed by atoms with E-state index < -0.39 is 0 Å². The summed E-state index contributed by atoms with van der Waals surface area (Å²) in [6.45, 7) is 2.89. The molecule has 4 nitrogen and oxygen atoms in total. The highest BCUT2D eigenvalue weighted by atomic mass is 16.3. The summed E-state index contributed by atoms with van der Waals surface area (Å²) in [6, 6.07) is 7.34. The van der Waals surface area contributed by atoms with Gasteiger partial charge in [0.1, 0.15) is 11.6 Å². The number of benzene rings is 1. The molecule has 3 rings (SSSR count). The fourth-order valence-corrected chi connectivity index (χ4v) is 3.52. The third-order valence-electron chi connectivity index (χ3n) is 4.62. The predicted molar refractivity (Wildman–Crippen MR) is 86.4 cm³/mol. The van der Waals surface area contributed by atoms with Gasteiger partial charge in [-0.2, -0.15) is 0 Å². The highest BCUT2D eigenvalue weighted by molar-refractivity contribution is 5.92. The van der Waals surface area contributed by atoms with Gasteiger partial charge in [0.15, 0.2) is 0 Å². The maximum atomic E-state index is 9.74. The molecule has 1 aromatic heterocycles. The fraction of sp³-hybridized carbons (Fsp3) is 0.471. The van der Waals surface area contributed by atoms with Crippen molar-refractivity contribution in [2.24, 2.45) is 11.7 Å². The van der Waals surface area contributed by atoms with Crippen molar-refractivity contribution in [2.75, 3.05) is 11.9 Å². The standard InChI is InChI=1S/C17H23N3O/c1-12-3-2-7-17(10-12,11-18)20-16-15-9-14(21)5-4-13(15)6-8-19-16/h4-6,8-9,12,21H,2-3,7,10-11,18H2,1H3,(H,19,20). The van der Waals surface area contributed by atoms with Gasteiger partial charge in [-0.25, -0.2) is 4.98 Å². The zero-order valence-corrected chi connectivity index (χ0v) is 12.5. The number of aromatic nitrogens is 1. The van der Waals surface area contributed by atoms with Gasteiger partial charge in [0.05, 0.1) is 5.54 Å². The van der Waals surface area contributed by atoms with Crippen molar-refractivity contribution in [3.05, 3.63) is 30.5 Å². The van der Waals surface area contributed by atoms with E-state index in [-0.39, 0.29) is 11.3 Å². The fourth-order valence-electron chi connectivity index (χ4n) is 3.52. The van der Waals surface area contributed by atoms with Crippen LogP contribution >= 0.6 is 0 Å². The molecule has 0 saturated heterocycles. The van der Waals surface area contributed by atoms with Crippen LogP contribution in [-0.4, -0.2) is 22.2 Å². The van der Waals surface area contributed by atoms with E-state index in [1.54, 1.807) is 18.3 Å². The summed E-state index contributed by atoms with van der Waals surface area (Å²) in [5, 5.41) is 15.4. The second-order valence-electron chi connectivity index (χ2n) is 6.38. The summed E-state index contributed by atoms with van der Waals surface area (Å²) in [4.78, 5) is 4.48. The number of anilines is 1. The number of phenols is 1. The molecule has 1 aromatic carbocycles. The molecule has 1 fully saturated rings. The van der Waals surface area contributed by atoms with E-state index >= 15 is 0 Å². The smallest absolute Gasteiger partial charge is 0.134 e. The first-order valence-electron chi connectivity index (χ1n) is 7.68. The minimum absolute atomic E-state index is 0.0790. The molecule has 2 aromatic rings. The lowest BCUT2D eigenvalue weighted by molar-refractivity contribution is 0.263. The average molecular weight is 285 g/mol. The molecule has 2 unspecified atom stereocenters. The Morgan fingerprint density at radius 3 is 3.05 bits per heavy atom. The molecule has 1 saturated carbocycles. The molecule has 0 amide bonds. The number of phenolic OH excluding ortho intramolecular Hbond substituents is 1. The lowest BCUT2D eigenvalue weighted by Gasteiger charge is -2.40. The minimum Gasteiger partial charge on any atom is -0.508 e. The van der Waals surface area contributed by atoms with E-state index in [0.29, 0.717) is 12.5 Å². The van der Waals surface area contributed by atoms with Crippen LogP contribution in [0.2, 0.25) is 0 Å². The quantitative estimate of drug-likeness (QED) is 0.809. The maximum Gasteiger partial charge on any atom is 0.134 e. The molecule has 1 aliphatic carbocycles. The monoisotopic (exact) mass is 285 g/mol. The third-order valence-corrected chi connectivity index (χ3v) is 4.62. The van der Waals surface area contributed by atoms with Crippen LogP contribution in [0.25, 0.3) is 10.8 Å². The predicted octanol–water partition coefficient (Wildman–Crippen LogP) is 3.26. The number of nitrogens with two attached hydrogens (primary N) is 1. The second kappa shape index (κ2) is 5.53. The highest BCUT2D eigenvalue weighted by Crippen LogP contribution is 2.36. The second-order valence-corrected chi connectivity index (χ2v) is 6.38. The van der Waals surface area contributed by atoms with Gasteiger partial charge >= 0.3 is 0 Å². The largest absolute Gasteiger partial charge is 0.508 e. The number of nitrogens with zero attached hydrogens (tertiary/aromatic N) is 1. The van der Waals surface area contributed by atoms with E-state index in [2.05, 4.69) is 17.2 Å². The molecule has 4 heteroatoms. The number of hydrogen-bond acceptors (Lipinski definition) is 4. The normalized spacial score (nSPS) is 25.9. The first-order chi connectivity index (χ1) is 10.1. The van der Waals surface area contributed by atoms with Gasteiger partial charge in [-0.3, -0.25) is 0 Å². The zero-order valence-electron chi connectivity index (χ0n) is 12.5. The molecular weight excluding hydrogens is 262 g/mol. The van der Waals surface area contributed by atoms with Crippen molar-refractivity contribution in [1.29, 1.82) is 0 Å². The van der Waals surface area contributed by atoms with Gasteiger partial charge in [0, 0.05) is 18.1 Å². The number of nitrogens with one attached hydrogen (secondary N) is 1. The molecule has 4 N–H and O–H groups in total. The van der Waals surface area contributed by atoms with E-state index in [4.69, 9.17) is 5.73 Å². The molecule has 1 heterocycles. The Labute approximate surface area is 125 Å². The molecular formula is C17H23N3O. The van der Waals surface area contributed by atoms with Crippen LogP contribution in [0.5, 0.6) is 5.75 Å². The average Bonchev–Trinajstić information content (AvgIpc) is 2.48. The van der Waals surface area contributed by atoms with Crippen molar-refractivity contribution in [2.45, 2.75) is 38.1 Å². The summed E-state index contributed by atoms with van der Waals surface area (Å²) in [5.74, 6) is 1.76. The van der Waals surface area contributed by atoms with Crippen LogP contribution in [0, 0.1) is 5.92 Å². The van der Waals surface area contributed by atoms with E-state index in [1.807, 2.05) is 12.1 Å². The van der Waals surface area contributed by atoms with Crippen molar-refractivity contribution in [1.82, 2.24) is 4.98 Å². The Kier molecular flexibility index (Phi) is 3.72. The molecule has 0 spiro atoms. The Balaban J connectivity index is 1.98. The lowest BCUT2D eigenvalue weighted by atomic mass is 9.76. The Hall–Kier alpha value is -1.81. The van der Waals surface area contributed by atoms with Gasteiger partial charge in [-0.15, -0.1) is 0 Å². The van der Waals surface area contributed by atoms with Crippen molar-refractivity contribution in [3.8, 4) is 5.75 Å². The van der Waals surface area contributed by atoms with Crippen LogP contribution in [0.1, 0.15) is 32.6 Å². The molecule has 0 radical (unpaired) electrons. The zero-order chi connectivity index (χ0) is 14.9. The number of hydrogen-bond donors (Lipinski definition) is 3. The summed E-state index contributed by atoms with van der Waals surface area (Å²) < 4.78 is 0. The van der Waals surface area contributed by atoms with Crippen LogP contribution in [0.4, 0.5) is 5.82 Å². The minimum atomic E-state index is -0.0790. The molecule has 2 atom stereocenters. The van der Waals surface area contributed by atoms with E-state index in [9.17, 15) is 5.11 Å². The van der Waals surface area contributed by atoms with Crippen LogP contribution in [-0.2, 0) is 0 Å². The summed E-state index contributed by atoms with van der Waals surface area (Å²) in [7, 11) is 0. The van der Waals surface area contributed by atoms with Crippen LogP contribution in [0.15, 0.2) is 30.5 Å². The van der Waals surface area contributed by atoms with E-state index in [1.165, 1.54) is 12.8 Å². The topological polar surface area (TPSA) is 71.2 Å². The van der Waals surface area contributed by atoms with Gasteiger partial charge in [0.2, 0.25) is 0 Å². The summed E-state index contributed by atoms with van der Waals surface area (Å²) in [5.41, 5.74) is 6.00. The Bertz CT molecular complexity index is 643. The van der Waals surface area contributed by atoms with Crippen molar-refractivity contribution >= 4 is 16.6 Å². The number of pyridine rings is 1. The van der Waals surface area contributed by atoms with Crippen molar-refractivity contribution in [3.63, 3.8) is 0 Å².